The molecular weight excluding hydrogens is 358 g/mol. The Morgan fingerprint density at radius 2 is 1.96 bits per heavy atom. The first-order valence-corrected chi connectivity index (χ1v) is 9.78. The van der Waals surface area contributed by atoms with Gasteiger partial charge in [-0.3, -0.25) is 9.88 Å². The Hall–Kier alpha value is -2.14. The number of methoxy groups -OCH3 is 1. The van der Waals surface area contributed by atoms with E-state index in [1.54, 1.807) is 7.11 Å². The van der Waals surface area contributed by atoms with Crippen molar-refractivity contribution in [2.75, 3.05) is 33.3 Å². The molecule has 140 valence electrons. The number of nitrogens with one attached hydrogen (secondary N) is 1. The number of ether oxygens (including phenoxy) is 1. The third-order valence-electron chi connectivity index (χ3n) is 5.13. The predicted molar refractivity (Wildman–Crippen MR) is 111 cm³/mol. The summed E-state index contributed by atoms with van der Waals surface area (Å²) in [7, 11) is 1.71. The van der Waals surface area contributed by atoms with Crippen molar-refractivity contribution in [1.29, 1.82) is 0 Å². The first-order chi connectivity index (χ1) is 13.3. The highest BCUT2D eigenvalue weighted by Gasteiger charge is 2.27. The molecule has 1 aliphatic heterocycles. The Balaban J connectivity index is 1.85. The second kappa shape index (κ2) is 8.26. The maximum Gasteiger partial charge on any atom is 0.124 e. The van der Waals surface area contributed by atoms with Gasteiger partial charge in [0.05, 0.1) is 24.4 Å². The third-order valence-corrected chi connectivity index (χ3v) is 5.36. The van der Waals surface area contributed by atoms with Gasteiger partial charge in [0, 0.05) is 35.6 Å². The molecule has 1 unspecified atom stereocenters. The first-order valence-electron chi connectivity index (χ1n) is 9.40. The average molecular weight is 382 g/mol. The minimum atomic E-state index is 0.00292. The summed E-state index contributed by atoms with van der Waals surface area (Å²) in [5, 5.41) is 5.35. The zero-order chi connectivity index (χ0) is 18.6. The van der Waals surface area contributed by atoms with Gasteiger partial charge in [-0.2, -0.15) is 0 Å². The van der Waals surface area contributed by atoms with Gasteiger partial charge in [0.25, 0.3) is 0 Å². The van der Waals surface area contributed by atoms with E-state index in [2.05, 4.69) is 34.5 Å². The summed E-state index contributed by atoms with van der Waals surface area (Å²) in [6.07, 6.45) is 1.10. The maximum absolute atomic E-state index is 6.36. The van der Waals surface area contributed by atoms with E-state index in [1.807, 2.05) is 30.3 Å². The van der Waals surface area contributed by atoms with Gasteiger partial charge in [0.1, 0.15) is 5.75 Å². The summed E-state index contributed by atoms with van der Waals surface area (Å²) in [6, 6.07) is 18.4. The Morgan fingerprint density at radius 1 is 1.07 bits per heavy atom. The summed E-state index contributed by atoms with van der Waals surface area (Å²) in [5.41, 5.74) is 3.10. The number of aromatic nitrogens is 1. The van der Waals surface area contributed by atoms with Crippen LogP contribution in [0.2, 0.25) is 5.02 Å². The molecule has 3 aromatic rings. The summed E-state index contributed by atoms with van der Waals surface area (Å²) in [6.45, 7) is 3.96. The van der Waals surface area contributed by atoms with Gasteiger partial charge in [-0.1, -0.05) is 35.9 Å². The van der Waals surface area contributed by atoms with Crippen molar-refractivity contribution in [1.82, 2.24) is 15.2 Å². The normalized spacial score (nSPS) is 16.8. The van der Waals surface area contributed by atoms with E-state index in [9.17, 15) is 0 Å². The molecule has 0 amide bonds. The van der Waals surface area contributed by atoms with E-state index < -0.39 is 0 Å². The number of benzene rings is 2. The Morgan fingerprint density at radius 3 is 2.85 bits per heavy atom. The maximum atomic E-state index is 6.36. The molecule has 0 spiro atoms. The zero-order valence-corrected chi connectivity index (χ0v) is 16.2. The molecule has 2 aromatic carbocycles. The van der Waals surface area contributed by atoms with Crippen molar-refractivity contribution in [2.45, 2.75) is 12.5 Å². The molecule has 0 aliphatic carbocycles. The first kappa shape index (κ1) is 18.2. The van der Waals surface area contributed by atoms with Crippen molar-refractivity contribution < 1.29 is 4.74 Å². The molecule has 1 aliphatic rings. The number of nitrogens with zero attached hydrogens (tertiary/aromatic N) is 2. The highest BCUT2D eigenvalue weighted by atomic mass is 35.5. The lowest BCUT2D eigenvalue weighted by atomic mass is 9.99. The number of hydrogen-bond donors (Lipinski definition) is 1. The summed E-state index contributed by atoms with van der Waals surface area (Å²) in [4.78, 5) is 7.48. The lowest BCUT2D eigenvalue weighted by molar-refractivity contribution is 0.233. The van der Waals surface area contributed by atoms with Gasteiger partial charge >= 0.3 is 0 Å². The topological polar surface area (TPSA) is 37.4 Å². The molecule has 5 heteroatoms. The van der Waals surface area contributed by atoms with Crippen LogP contribution in [0.5, 0.6) is 5.75 Å². The Labute approximate surface area is 165 Å². The van der Waals surface area contributed by atoms with Gasteiger partial charge in [-0.05, 0) is 43.3 Å². The molecule has 1 N–H and O–H groups in total. The van der Waals surface area contributed by atoms with Gasteiger partial charge in [0.2, 0.25) is 0 Å². The van der Waals surface area contributed by atoms with E-state index in [-0.39, 0.29) is 6.04 Å². The molecule has 1 aromatic heterocycles. The molecule has 1 saturated heterocycles. The standard InChI is InChI=1S/C22H24ClN3O/c1-27-21-10-8-17(23)15-18(21)22(26-13-4-11-24-12-14-26)20-9-7-16-5-2-3-6-19(16)25-20/h2-3,5-10,15,22,24H,4,11-14H2,1H3. The van der Waals surface area contributed by atoms with Crippen molar-refractivity contribution in [2.24, 2.45) is 0 Å². The van der Waals surface area contributed by atoms with E-state index in [0.29, 0.717) is 5.02 Å². The molecule has 1 atom stereocenters. The quantitative estimate of drug-likeness (QED) is 0.731. The number of rotatable bonds is 4. The van der Waals surface area contributed by atoms with Crippen LogP contribution >= 0.6 is 11.6 Å². The van der Waals surface area contributed by atoms with Crippen LogP contribution in [0, 0.1) is 0 Å². The zero-order valence-electron chi connectivity index (χ0n) is 15.5. The molecule has 0 radical (unpaired) electrons. The highest BCUT2D eigenvalue weighted by molar-refractivity contribution is 6.30. The van der Waals surface area contributed by atoms with Crippen molar-refractivity contribution in [3.63, 3.8) is 0 Å². The smallest absolute Gasteiger partial charge is 0.124 e. The minimum Gasteiger partial charge on any atom is -0.496 e. The van der Waals surface area contributed by atoms with Gasteiger partial charge in [-0.25, -0.2) is 0 Å². The Bertz CT molecular complexity index is 922. The number of para-hydroxylation sites is 1. The van der Waals surface area contributed by atoms with E-state index in [1.165, 1.54) is 0 Å². The molecule has 0 bridgehead atoms. The number of hydrogen-bond acceptors (Lipinski definition) is 4. The molecule has 2 heterocycles. The van der Waals surface area contributed by atoms with Crippen LogP contribution in [0.3, 0.4) is 0 Å². The SMILES string of the molecule is COc1ccc(Cl)cc1C(c1ccc2ccccc2n1)N1CCCNCC1. The van der Waals surface area contributed by atoms with Crippen LogP contribution < -0.4 is 10.1 Å². The molecular formula is C22H24ClN3O. The molecule has 0 saturated carbocycles. The van der Waals surface area contributed by atoms with Gasteiger partial charge < -0.3 is 10.1 Å². The van der Waals surface area contributed by atoms with E-state index in [4.69, 9.17) is 21.3 Å². The predicted octanol–water partition coefficient (Wildman–Crippen LogP) is 4.28. The average Bonchev–Trinajstić information content (AvgIpc) is 2.98. The lowest BCUT2D eigenvalue weighted by Crippen LogP contribution is -2.33. The van der Waals surface area contributed by atoms with Crippen molar-refractivity contribution in [3.8, 4) is 5.75 Å². The van der Waals surface area contributed by atoms with Crippen molar-refractivity contribution >= 4 is 22.5 Å². The number of pyridine rings is 1. The fraction of sp³-hybridized carbons (Fsp3) is 0.318. The summed E-state index contributed by atoms with van der Waals surface area (Å²) in [5.74, 6) is 0.844. The fourth-order valence-electron chi connectivity index (χ4n) is 3.82. The fourth-order valence-corrected chi connectivity index (χ4v) is 4.00. The Kier molecular flexibility index (Phi) is 5.58. The third kappa shape index (κ3) is 3.93. The summed E-state index contributed by atoms with van der Waals surface area (Å²) >= 11 is 6.36. The van der Waals surface area contributed by atoms with Gasteiger partial charge in [-0.15, -0.1) is 0 Å². The second-order valence-electron chi connectivity index (χ2n) is 6.86. The second-order valence-corrected chi connectivity index (χ2v) is 7.29. The van der Waals surface area contributed by atoms with Crippen LogP contribution in [0.15, 0.2) is 54.6 Å². The highest BCUT2D eigenvalue weighted by Crippen LogP contribution is 2.36. The molecule has 4 nitrogen and oxygen atoms in total. The van der Waals surface area contributed by atoms with Crippen LogP contribution in [0.25, 0.3) is 10.9 Å². The molecule has 27 heavy (non-hydrogen) atoms. The van der Waals surface area contributed by atoms with E-state index in [0.717, 1.165) is 60.5 Å². The minimum absolute atomic E-state index is 0.00292. The lowest BCUT2D eigenvalue weighted by Gasteiger charge is -2.31. The largest absolute Gasteiger partial charge is 0.496 e. The van der Waals surface area contributed by atoms with Gasteiger partial charge in [0.15, 0.2) is 0 Å². The summed E-state index contributed by atoms with van der Waals surface area (Å²) < 4.78 is 5.68. The van der Waals surface area contributed by atoms with Crippen molar-refractivity contribution in [3.05, 3.63) is 70.9 Å². The molecule has 4 rings (SSSR count). The molecule has 1 fully saturated rings. The van der Waals surface area contributed by atoms with E-state index >= 15 is 0 Å². The number of halogens is 1. The van der Waals surface area contributed by atoms with Crippen LogP contribution in [0.1, 0.15) is 23.7 Å². The van der Waals surface area contributed by atoms with Crippen LogP contribution in [-0.2, 0) is 0 Å². The van der Waals surface area contributed by atoms with Crippen LogP contribution in [0.4, 0.5) is 0 Å². The number of fused-ring (bicyclic) bond motifs is 1. The monoisotopic (exact) mass is 381 g/mol. The van der Waals surface area contributed by atoms with Crippen LogP contribution in [-0.4, -0.2) is 43.2 Å².